The summed E-state index contributed by atoms with van der Waals surface area (Å²) in [6.07, 6.45) is 4.99. The molecule has 172 valence electrons. The van der Waals surface area contributed by atoms with Crippen LogP contribution in [0.15, 0.2) is 48.9 Å². The number of nitrogens with zero attached hydrogens (tertiary/aromatic N) is 5. The Hall–Kier alpha value is -3.85. The number of rotatable bonds is 7. The van der Waals surface area contributed by atoms with Crippen molar-refractivity contribution in [2.24, 2.45) is 17.1 Å². The Balaban J connectivity index is 1.55. The molecule has 3 aliphatic rings. The molecule has 0 aliphatic heterocycles. The third-order valence-corrected chi connectivity index (χ3v) is 7.32. The van der Waals surface area contributed by atoms with Crippen molar-refractivity contribution in [3.8, 4) is 28.3 Å². The van der Waals surface area contributed by atoms with Crippen LogP contribution in [0, 0.1) is 11.3 Å². The molecule has 9 heteroatoms. The zero-order chi connectivity index (χ0) is 23.4. The maximum atomic E-state index is 12.2. The Morgan fingerprint density at radius 1 is 1.24 bits per heavy atom. The molecule has 1 amide bonds. The van der Waals surface area contributed by atoms with E-state index < -0.39 is 5.41 Å². The van der Waals surface area contributed by atoms with Crippen LogP contribution < -0.4 is 10.5 Å². The summed E-state index contributed by atoms with van der Waals surface area (Å²) in [5.74, 6) is 0.663. The van der Waals surface area contributed by atoms with Crippen LogP contribution in [0.2, 0.25) is 0 Å². The Kier molecular flexibility index (Phi) is 4.63. The molecule has 0 radical (unpaired) electrons. The highest BCUT2D eigenvalue weighted by atomic mass is 16.5. The standard InChI is InChI=1S/C25H24N6O3/c1-34-18-9-17-22(29-23(18)19-15-10-25(19,11-15)24(26)33)21(28-13-27-17)16-12-31(7-8-32)30-20(16)14-5-3-2-4-6-14/h2-6,9,12-13,15,19,32H,7-8,10-11H2,1H3,(H2,26,33). The number of amides is 1. The average molecular weight is 457 g/mol. The molecule has 1 aromatic carbocycles. The zero-order valence-corrected chi connectivity index (χ0v) is 18.7. The minimum atomic E-state index is -0.532. The Labute approximate surface area is 195 Å². The van der Waals surface area contributed by atoms with Gasteiger partial charge in [-0.2, -0.15) is 5.10 Å². The van der Waals surface area contributed by atoms with E-state index in [4.69, 9.17) is 20.6 Å². The molecule has 0 spiro atoms. The van der Waals surface area contributed by atoms with Crippen molar-refractivity contribution in [2.45, 2.75) is 25.3 Å². The second kappa shape index (κ2) is 7.59. The molecule has 2 bridgehead atoms. The monoisotopic (exact) mass is 456 g/mol. The molecular formula is C25H24N6O3. The maximum Gasteiger partial charge on any atom is 0.224 e. The highest BCUT2D eigenvalue weighted by molar-refractivity contribution is 5.94. The Bertz CT molecular complexity index is 1410. The SMILES string of the molecule is COc1cc2ncnc(-c3cn(CCO)nc3-c3ccccc3)c2nc1C1C2CC1(C(N)=O)C2. The number of nitrogens with two attached hydrogens (primary N) is 1. The topological polar surface area (TPSA) is 129 Å². The molecule has 9 nitrogen and oxygen atoms in total. The third-order valence-electron chi connectivity index (χ3n) is 7.32. The van der Waals surface area contributed by atoms with E-state index in [1.807, 2.05) is 42.6 Å². The maximum absolute atomic E-state index is 12.2. The van der Waals surface area contributed by atoms with Crippen LogP contribution in [-0.4, -0.2) is 49.5 Å². The van der Waals surface area contributed by atoms with E-state index in [2.05, 4.69) is 9.97 Å². The van der Waals surface area contributed by atoms with Gasteiger partial charge in [-0.1, -0.05) is 30.3 Å². The second-order valence-electron chi connectivity index (χ2n) is 9.08. The van der Waals surface area contributed by atoms with E-state index in [1.165, 1.54) is 6.33 Å². The fourth-order valence-electron chi connectivity index (χ4n) is 5.52. The summed E-state index contributed by atoms with van der Waals surface area (Å²) in [7, 11) is 1.60. The molecule has 1 unspecified atom stereocenters. The van der Waals surface area contributed by atoms with Gasteiger partial charge < -0.3 is 15.6 Å². The van der Waals surface area contributed by atoms with Crippen LogP contribution in [0.4, 0.5) is 0 Å². The third kappa shape index (κ3) is 2.86. The first-order chi connectivity index (χ1) is 16.6. The largest absolute Gasteiger partial charge is 0.495 e. The summed E-state index contributed by atoms with van der Waals surface area (Å²) in [6.45, 7) is 0.331. The summed E-state index contributed by atoms with van der Waals surface area (Å²) < 4.78 is 7.37. The summed E-state index contributed by atoms with van der Waals surface area (Å²) >= 11 is 0. The van der Waals surface area contributed by atoms with Gasteiger partial charge in [0, 0.05) is 29.3 Å². The van der Waals surface area contributed by atoms with Gasteiger partial charge in [-0.05, 0) is 18.8 Å². The van der Waals surface area contributed by atoms with Crippen molar-refractivity contribution in [1.29, 1.82) is 0 Å². The highest BCUT2D eigenvalue weighted by Crippen LogP contribution is 2.73. The molecule has 3 saturated carbocycles. The van der Waals surface area contributed by atoms with Gasteiger partial charge in [0.25, 0.3) is 0 Å². The summed E-state index contributed by atoms with van der Waals surface area (Å²) in [4.78, 5) is 26.3. The molecule has 1 atom stereocenters. The minimum Gasteiger partial charge on any atom is -0.495 e. The van der Waals surface area contributed by atoms with Crippen LogP contribution in [0.5, 0.6) is 5.75 Å². The Morgan fingerprint density at radius 3 is 2.68 bits per heavy atom. The quantitative estimate of drug-likeness (QED) is 0.437. The van der Waals surface area contributed by atoms with E-state index in [0.717, 1.165) is 35.4 Å². The van der Waals surface area contributed by atoms with E-state index >= 15 is 0 Å². The molecule has 3 aromatic heterocycles. The lowest BCUT2D eigenvalue weighted by atomic mass is 9.36. The zero-order valence-electron chi connectivity index (χ0n) is 18.7. The molecule has 7 rings (SSSR count). The lowest BCUT2D eigenvalue weighted by Gasteiger charge is -2.66. The van der Waals surface area contributed by atoms with Crippen molar-refractivity contribution < 1.29 is 14.6 Å². The van der Waals surface area contributed by atoms with Crippen molar-refractivity contribution in [2.75, 3.05) is 13.7 Å². The van der Waals surface area contributed by atoms with E-state index in [1.54, 1.807) is 11.8 Å². The molecule has 34 heavy (non-hydrogen) atoms. The van der Waals surface area contributed by atoms with Gasteiger partial charge in [-0.25, -0.2) is 15.0 Å². The molecule has 3 aliphatic carbocycles. The number of fused-ring (bicyclic) bond motifs is 1. The van der Waals surface area contributed by atoms with Crippen LogP contribution in [0.25, 0.3) is 33.5 Å². The fraction of sp³-hybridized carbons (Fsp3) is 0.320. The molecule has 4 aromatic rings. The number of aliphatic hydroxyl groups excluding tert-OH is 1. The summed E-state index contributed by atoms with van der Waals surface area (Å²) in [6, 6.07) is 11.7. The van der Waals surface area contributed by atoms with Gasteiger partial charge in [0.2, 0.25) is 5.91 Å². The van der Waals surface area contributed by atoms with Crippen LogP contribution in [-0.2, 0) is 11.3 Å². The first kappa shape index (κ1) is 20.7. The minimum absolute atomic E-state index is 0.0300. The summed E-state index contributed by atoms with van der Waals surface area (Å²) in [5.41, 5.74) is 10.3. The predicted octanol–water partition coefficient (Wildman–Crippen LogP) is 2.54. The normalized spacial score (nSPS) is 22.8. The summed E-state index contributed by atoms with van der Waals surface area (Å²) in [5, 5.41) is 14.2. The first-order valence-electron chi connectivity index (χ1n) is 11.3. The van der Waals surface area contributed by atoms with Gasteiger partial charge in [0.1, 0.15) is 29.0 Å². The predicted molar refractivity (Wildman–Crippen MR) is 125 cm³/mol. The lowest BCUT2D eigenvalue weighted by Crippen LogP contribution is -2.65. The first-order valence-corrected chi connectivity index (χ1v) is 11.3. The van der Waals surface area contributed by atoms with E-state index in [-0.39, 0.29) is 18.4 Å². The van der Waals surface area contributed by atoms with Crippen LogP contribution in [0.1, 0.15) is 24.5 Å². The number of aliphatic hydroxyl groups is 1. The molecule has 3 fully saturated rings. The number of ether oxygens (including phenoxy) is 1. The van der Waals surface area contributed by atoms with Gasteiger partial charge in [0.05, 0.1) is 36.9 Å². The number of methoxy groups -OCH3 is 1. The molecule has 3 N–H and O–H groups in total. The van der Waals surface area contributed by atoms with Crippen molar-refractivity contribution in [1.82, 2.24) is 24.7 Å². The van der Waals surface area contributed by atoms with Crippen molar-refractivity contribution in [3.63, 3.8) is 0 Å². The molecule has 3 heterocycles. The smallest absolute Gasteiger partial charge is 0.224 e. The van der Waals surface area contributed by atoms with E-state index in [0.29, 0.717) is 34.9 Å². The Morgan fingerprint density at radius 2 is 2.03 bits per heavy atom. The number of hydrogen-bond donors (Lipinski definition) is 2. The van der Waals surface area contributed by atoms with Crippen LogP contribution >= 0.6 is 0 Å². The van der Waals surface area contributed by atoms with Crippen molar-refractivity contribution >= 4 is 16.9 Å². The fourth-order valence-corrected chi connectivity index (χ4v) is 5.52. The number of pyridine rings is 1. The van der Waals surface area contributed by atoms with Gasteiger partial charge >= 0.3 is 0 Å². The molecular weight excluding hydrogens is 432 g/mol. The lowest BCUT2D eigenvalue weighted by molar-refractivity contribution is -0.173. The number of carbonyl (C=O) groups is 1. The average Bonchev–Trinajstić information content (AvgIpc) is 3.21. The number of hydrogen-bond acceptors (Lipinski definition) is 7. The highest BCUT2D eigenvalue weighted by Gasteiger charge is 2.70. The van der Waals surface area contributed by atoms with Gasteiger partial charge in [-0.15, -0.1) is 0 Å². The van der Waals surface area contributed by atoms with Crippen LogP contribution in [0.3, 0.4) is 0 Å². The second-order valence-corrected chi connectivity index (χ2v) is 9.08. The number of primary amides is 1. The number of benzene rings is 1. The van der Waals surface area contributed by atoms with Gasteiger partial charge in [-0.3, -0.25) is 9.48 Å². The molecule has 0 saturated heterocycles. The number of carbonyl (C=O) groups excluding carboxylic acids is 1. The van der Waals surface area contributed by atoms with Gasteiger partial charge in [0.15, 0.2) is 0 Å². The van der Waals surface area contributed by atoms with E-state index in [9.17, 15) is 9.90 Å². The van der Waals surface area contributed by atoms with Crippen molar-refractivity contribution in [3.05, 3.63) is 54.6 Å². The number of aromatic nitrogens is 5.